The van der Waals surface area contributed by atoms with E-state index in [-0.39, 0.29) is 12.4 Å². The van der Waals surface area contributed by atoms with E-state index < -0.39 is 0 Å². The van der Waals surface area contributed by atoms with E-state index in [9.17, 15) is 0 Å². The van der Waals surface area contributed by atoms with Crippen LogP contribution in [0.25, 0.3) is 16.9 Å². The number of halogens is 1. The fraction of sp³-hybridized carbons (Fsp3) is 0.478. The first-order chi connectivity index (χ1) is 14.6. The number of hydrogen-bond donors (Lipinski definition) is 0. The Kier molecular flexibility index (Phi) is 8.80. The molecule has 2 heterocycles. The number of methoxy groups -OCH3 is 3. The van der Waals surface area contributed by atoms with Gasteiger partial charge in [0.1, 0.15) is 28.8 Å². The zero-order valence-electron chi connectivity index (χ0n) is 19.3. The summed E-state index contributed by atoms with van der Waals surface area (Å²) in [6, 6.07) is 3.68. The molecule has 0 spiro atoms. The van der Waals surface area contributed by atoms with Gasteiger partial charge in [0.2, 0.25) is 0 Å². The third-order valence-electron chi connectivity index (χ3n) is 5.16. The Hall–Kier alpha value is -2.67. The van der Waals surface area contributed by atoms with Crippen LogP contribution in [0, 0.1) is 0 Å². The standard InChI is InChI=1S/C23H32N4O3.ClH/c1-7-11-26(12-8-2)23-17(9-3)25-22-21(24-10-13-27(22)23)20-18(29-5)14-16(28-4)15-19(20)30-6;/h10,13-15H,7-9,11-12H2,1-6H3;1H. The Labute approximate surface area is 190 Å². The van der Waals surface area contributed by atoms with Crippen LogP contribution in [-0.2, 0) is 6.42 Å². The Morgan fingerprint density at radius 3 is 2.03 bits per heavy atom. The van der Waals surface area contributed by atoms with Crippen LogP contribution in [0.3, 0.4) is 0 Å². The molecule has 0 amide bonds. The number of aryl methyl sites for hydroxylation is 1. The van der Waals surface area contributed by atoms with Crippen LogP contribution < -0.4 is 19.1 Å². The van der Waals surface area contributed by atoms with Crippen molar-refractivity contribution < 1.29 is 14.2 Å². The van der Waals surface area contributed by atoms with Gasteiger partial charge in [-0.2, -0.15) is 0 Å². The highest BCUT2D eigenvalue weighted by Crippen LogP contribution is 2.43. The minimum Gasteiger partial charge on any atom is -0.496 e. The Bertz CT molecular complexity index is 975. The molecule has 8 heteroatoms. The molecule has 2 aromatic heterocycles. The van der Waals surface area contributed by atoms with Crippen LogP contribution in [0.2, 0.25) is 0 Å². The summed E-state index contributed by atoms with van der Waals surface area (Å²) in [4.78, 5) is 12.1. The molecule has 0 N–H and O–H groups in total. The third kappa shape index (κ3) is 4.66. The molecule has 7 nitrogen and oxygen atoms in total. The second-order valence-corrected chi connectivity index (χ2v) is 7.10. The molecule has 0 atom stereocenters. The Balaban J connectivity index is 0.00000341. The van der Waals surface area contributed by atoms with E-state index >= 15 is 0 Å². The Morgan fingerprint density at radius 1 is 0.935 bits per heavy atom. The van der Waals surface area contributed by atoms with E-state index in [1.165, 1.54) is 0 Å². The number of ether oxygens (including phenoxy) is 3. The maximum absolute atomic E-state index is 5.67. The summed E-state index contributed by atoms with van der Waals surface area (Å²) in [5, 5.41) is 0. The van der Waals surface area contributed by atoms with Crippen molar-refractivity contribution in [2.24, 2.45) is 0 Å². The van der Waals surface area contributed by atoms with Crippen LogP contribution in [0.5, 0.6) is 17.2 Å². The van der Waals surface area contributed by atoms with Gasteiger partial charge in [0.15, 0.2) is 5.65 Å². The highest BCUT2D eigenvalue weighted by molar-refractivity contribution is 5.85. The van der Waals surface area contributed by atoms with Crippen molar-refractivity contribution >= 4 is 23.9 Å². The molecule has 31 heavy (non-hydrogen) atoms. The predicted molar refractivity (Wildman–Crippen MR) is 128 cm³/mol. The molecule has 3 aromatic rings. The second kappa shape index (κ2) is 11.1. The molecule has 1 aromatic carbocycles. The van der Waals surface area contributed by atoms with Gasteiger partial charge in [-0.05, 0) is 19.3 Å². The van der Waals surface area contributed by atoms with Crippen molar-refractivity contribution in [3.8, 4) is 28.5 Å². The average molecular weight is 449 g/mol. The second-order valence-electron chi connectivity index (χ2n) is 7.10. The van der Waals surface area contributed by atoms with Crippen molar-refractivity contribution in [2.75, 3.05) is 39.3 Å². The van der Waals surface area contributed by atoms with Gasteiger partial charge < -0.3 is 19.1 Å². The number of fused-ring (bicyclic) bond motifs is 1. The SMILES string of the molecule is CCCN(CCC)c1c(CC)nc2c(-c3c(OC)cc(OC)cc3OC)nccn12.Cl. The fourth-order valence-corrected chi connectivity index (χ4v) is 3.86. The predicted octanol–water partition coefficient (Wildman–Crippen LogP) is 5.03. The van der Waals surface area contributed by atoms with Gasteiger partial charge in [-0.3, -0.25) is 9.38 Å². The molecule has 0 aliphatic heterocycles. The van der Waals surface area contributed by atoms with Gasteiger partial charge >= 0.3 is 0 Å². The summed E-state index contributed by atoms with van der Waals surface area (Å²) in [5.41, 5.74) is 3.35. The molecular formula is C23H33ClN4O3. The van der Waals surface area contributed by atoms with Crippen molar-refractivity contribution in [1.29, 1.82) is 0 Å². The summed E-state index contributed by atoms with van der Waals surface area (Å²) in [7, 11) is 4.89. The van der Waals surface area contributed by atoms with Crippen LogP contribution in [0.4, 0.5) is 5.82 Å². The average Bonchev–Trinajstić information content (AvgIpc) is 3.16. The van der Waals surface area contributed by atoms with Crippen molar-refractivity contribution in [1.82, 2.24) is 14.4 Å². The van der Waals surface area contributed by atoms with Crippen molar-refractivity contribution in [3.63, 3.8) is 0 Å². The largest absolute Gasteiger partial charge is 0.496 e. The minimum atomic E-state index is 0. The van der Waals surface area contributed by atoms with Crippen LogP contribution in [0.1, 0.15) is 39.3 Å². The molecule has 3 rings (SSSR count). The van der Waals surface area contributed by atoms with Crippen LogP contribution in [-0.4, -0.2) is 48.8 Å². The third-order valence-corrected chi connectivity index (χ3v) is 5.16. The van der Waals surface area contributed by atoms with Crippen molar-refractivity contribution in [3.05, 3.63) is 30.2 Å². The van der Waals surface area contributed by atoms with E-state index in [1.54, 1.807) is 21.3 Å². The summed E-state index contributed by atoms with van der Waals surface area (Å²) in [5.74, 6) is 3.07. The molecule has 0 saturated carbocycles. The van der Waals surface area contributed by atoms with Gasteiger partial charge in [0.05, 0.1) is 32.6 Å². The van der Waals surface area contributed by atoms with Crippen LogP contribution >= 0.6 is 12.4 Å². The van der Waals surface area contributed by atoms with Crippen molar-refractivity contribution in [2.45, 2.75) is 40.0 Å². The molecule has 0 aliphatic rings. The number of imidazole rings is 1. The van der Waals surface area contributed by atoms with Gasteiger partial charge in [0.25, 0.3) is 0 Å². The molecule has 0 radical (unpaired) electrons. The van der Waals surface area contributed by atoms with Gasteiger partial charge in [0, 0.05) is 37.6 Å². The summed E-state index contributed by atoms with van der Waals surface area (Å²) in [6.45, 7) is 8.53. The monoisotopic (exact) mass is 448 g/mol. The summed E-state index contributed by atoms with van der Waals surface area (Å²) >= 11 is 0. The molecule has 0 bridgehead atoms. The maximum Gasteiger partial charge on any atom is 0.165 e. The molecule has 0 saturated heterocycles. The lowest BCUT2D eigenvalue weighted by Crippen LogP contribution is -2.27. The first-order valence-corrected chi connectivity index (χ1v) is 10.5. The smallest absolute Gasteiger partial charge is 0.165 e. The zero-order chi connectivity index (χ0) is 21.7. The minimum absolute atomic E-state index is 0. The van der Waals surface area contributed by atoms with E-state index in [0.29, 0.717) is 17.2 Å². The first kappa shape index (κ1) is 24.6. The zero-order valence-corrected chi connectivity index (χ0v) is 20.1. The quantitative estimate of drug-likeness (QED) is 0.433. The number of nitrogens with zero attached hydrogens (tertiary/aromatic N) is 4. The lowest BCUT2D eigenvalue weighted by molar-refractivity contribution is 0.377. The normalized spacial score (nSPS) is 10.6. The highest BCUT2D eigenvalue weighted by atomic mass is 35.5. The van der Waals surface area contributed by atoms with E-state index in [0.717, 1.165) is 60.8 Å². The molecule has 0 aliphatic carbocycles. The molecule has 170 valence electrons. The molecule has 0 unspecified atom stereocenters. The fourth-order valence-electron chi connectivity index (χ4n) is 3.86. The lowest BCUT2D eigenvalue weighted by Gasteiger charge is -2.24. The maximum atomic E-state index is 5.67. The summed E-state index contributed by atoms with van der Waals surface area (Å²) < 4.78 is 18.9. The van der Waals surface area contributed by atoms with Crippen LogP contribution in [0.15, 0.2) is 24.5 Å². The molecular weight excluding hydrogens is 416 g/mol. The summed E-state index contributed by atoms with van der Waals surface area (Å²) in [6.07, 6.45) is 6.80. The highest BCUT2D eigenvalue weighted by Gasteiger charge is 2.24. The number of anilines is 1. The van der Waals surface area contributed by atoms with E-state index in [4.69, 9.17) is 19.2 Å². The van der Waals surface area contributed by atoms with Gasteiger partial charge in [-0.25, -0.2) is 4.98 Å². The number of aromatic nitrogens is 3. The van der Waals surface area contributed by atoms with Gasteiger partial charge in [-0.15, -0.1) is 12.4 Å². The number of hydrogen-bond acceptors (Lipinski definition) is 6. The topological polar surface area (TPSA) is 61.1 Å². The lowest BCUT2D eigenvalue weighted by atomic mass is 10.1. The molecule has 0 fully saturated rings. The Morgan fingerprint density at radius 2 is 1.55 bits per heavy atom. The van der Waals surface area contributed by atoms with E-state index in [2.05, 4.69) is 35.1 Å². The number of rotatable bonds is 10. The van der Waals surface area contributed by atoms with E-state index in [1.807, 2.05) is 24.5 Å². The van der Waals surface area contributed by atoms with Gasteiger partial charge in [-0.1, -0.05) is 20.8 Å². The first-order valence-electron chi connectivity index (χ1n) is 10.5. The number of benzene rings is 1.